The normalized spacial score (nSPS) is 16.3. The third-order valence-corrected chi connectivity index (χ3v) is 3.94. The Hall–Kier alpha value is -1.02. The summed E-state index contributed by atoms with van der Waals surface area (Å²) in [5, 5.41) is 3.68. The standard InChI is InChI=1S/C17H27NO/c1-3-4-7-14(13-18-16-10-11-16)12-15-8-5-6-9-17(15)19-2/h5-6,8-9,14,16,18H,3-4,7,10-13H2,1-2H3. The van der Waals surface area contributed by atoms with Gasteiger partial charge < -0.3 is 10.1 Å². The average molecular weight is 261 g/mol. The summed E-state index contributed by atoms with van der Waals surface area (Å²) in [7, 11) is 1.77. The van der Waals surface area contributed by atoms with Gasteiger partial charge in [-0.2, -0.15) is 0 Å². The molecule has 1 aliphatic rings. The lowest BCUT2D eigenvalue weighted by atomic mass is 9.93. The molecule has 1 N–H and O–H groups in total. The highest BCUT2D eigenvalue weighted by Gasteiger charge is 2.22. The second-order valence-electron chi connectivity index (χ2n) is 5.71. The lowest BCUT2D eigenvalue weighted by Gasteiger charge is -2.19. The molecular weight excluding hydrogens is 234 g/mol. The van der Waals surface area contributed by atoms with E-state index in [1.54, 1.807) is 7.11 Å². The van der Waals surface area contributed by atoms with Gasteiger partial charge in [-0.1, -0.05) is 38.0 Å². The predicted molar refractivity (Wildman–Crippen MR) is 80.7 cm³/mol. The van der Waals surface area contributed by atoms with Crippen molar-refractivity contribution in [2.75, 3.05) is 13.7 Å². The first kappa shape index (κ1) is 14.4. The molecule has 2 heteroatoms. The van der Waals surface area contributed by atoms with Crippen LogP contribution in [-0.4, -0.2) is 19.7 Å². The van der Waals surface area contributed by atoms with E-state index >= 15 is 0 Å². The largest absolute Gasteiger partial charge is 0.496 e. The molecular formula is C17H27NO. The molecule has 1 atom stereocenters. The molecule has 19 heavy (non-hydrogen) atoms. The number of unbranched alkanes of at least 4 members (excludes halogenated alkanes) is 1. The fourth-order valence-electron chi connectivity index (χ4n) is 2.57. The Bertz CT molecular complexity index is 373. The topological polar surface area (TPSA) is 21.3 Å². The average Bonchev–Trinajstić information content (AvgIpc) is 3.26. The van der Waals surface area contributed by atoms with Crippen molar-refractivity contribution in [3.05, 3.63) is 29.8 Å². The summed E-state index contributed by atoms with van der Waals surface area (Å²) in [5.41, 5.74) is 1.35. The molecule has 0 aliphatic heterocycles. The minimum atomic E-state index is 0.733. The summed E-state index contributed by atoms with van der Waals surface area (Å²) < 4.78 is 5.47. The molecule has 2 rings (SSSR count). The summed E-state index contributed by atoms with van der Waals surface area (Å²) >= 11 is 0. The summed E-state index contributed by atoms with van der Waals surface area (Å²) in [5.74, 6) is 1.77. The van der Waals surface area contributed by atoms with Crippen molar-refractivity contribution in [1.82, 2.24) is 5.32 Å². The number of hydrogen-bond donors (Lipinski definition) is 1. The third kappa shape index (κ3) is 4.87. The quantitative estimate of drug-likeness (QED) is 0.730. The molecule has 1 unspecified atom stereocenters. The minimum absolute atomic E-state index is 0.733. The fraction of sp³-hybridized carbons (Fsp3) is 0.647. The first-order valence-electron chi connectivity index (χ1n) is 7.68. The Morgan fingerprint density at radius 3 is 2.79 bits per heavy atom. The van der Waals surface area contributed by atoms with E-state index in [9.17, 15) is 0 Å². The Labute approximate surface area is 117 Å². The van der Waals surface area contributed by atoms with Gasteiger partial charge in [0.2, 0.25) is 0 Å². The highest BCUT2D eigenvalue weighted by atomic mass is 16.5. The maximum Gasteiger partial charge on any atom is 0.122 e. The van der Waals surface area contributed by atoms with E-state index in [4.69, 9.17) is 4.74 Å². The fourth-order valence-corrected chi connectivity index (χ4v) is 2.57. The summed E-state index contributed by atoms with van der Waals surface area (Å²) in [6.45, 7) is 3.43. The predicted octanol–water partition coefficient (Wildman–Crippen LogP) is 3.80. The number of para-hydroxylation sites is 1. The van der Waals surface area contributed by atoms with Gasteiger partial charge in [0.25, 0.3) is 0 Å². The molecule has 106 valence electrons. The van der Waals surface area contributed by atoms with Crippen molar-refractivity contribution in [3.8, 4) is 5.75 Å². The summed E-state index contributed by atoms with van der Waals surface area (Å²) in [6, 6.07) is 9.24. The van der Waals surface area contributed by atoms with Crippen molar-refractivity contribution >= 4 is 0 Å². The van der Waals surface area contributed by atoms with Gasteiger partial charge in [-0.15, -0.1) is 0 Å². The van der Waals surface area contributed by atoms with Gasteiger partial charge in [-0.25, -0.2) is 0 Å². The highest BCUT2D eigenvalue weighted by molar-refractivity contribution is 5.33. The van der Waals surface area contributed by atoms with Crippen molar-refractivity contribution < 1.29 is 4.74 Å². The van der Waals surface area contributed by atoms with E-state index in [0.717, 1.165) is 30.7 Å². The van der Waals surface area contributed by atoms with E-state index in [1.807, 2.05) is 6.07 Å². The molecule has 0 radical (unpaired) electrons. The van der Waals surface area contributed by atoms with Crippen LogP contribution in [0.5, 0.6) is 5.75 Å². The Balaban J connectivity index is 1.92. The molecule has 0 aromatic heterocycles. The van der Waals surface area contributed by atoms with Gasteiger partial charge in [0.15, 0.2) is 0 Å². The zero-order valence-corrected chi connectivity index (χ0v) is 12.3. The maximum absolute atomic E-state index is 5.47. The minimum Gasteiger partial charge on any atom is -0.496 e. The molecule has 0 bridgehead atoms. The maximum atomic E-state index is 5.47. The number of nitrogens with one attached hydrogen (secondary N) is 1. The van der Waals surface area contributed by atoms with Crippen LogP contribution in [0.1, 0.15) is 44.6 Å². The number of methoxy groups -OCH3 is 1. The van der Waals surface area contributed by atoms with E-state index in [2.05, 4.69) is 30.4 Å². The SMILES string of the molecule is CCCCC(CNC1CC1)Cc1ccccc1OC. The van der Waals surface area contributed by atoms with Crippen molar-refractivity contribution in [2.45, 2.75) is 51.5 Å². The highest BCUT2D eigenvalue weighted by Crippen LogP contribution is 2.24. The van der Waals surface area contributed by atoms with Crippen LogP contribution in [0.2, 0.25) is 0 Å². The van der Waals surface area contributed by atoms with Gasteiger partial charge in [0, 0.05) is 6.04 Å². The van der Waals surface area contributed by atoms with Gasteiger partial charge in [-0.05, 0) is 49.8 Å². The molecule has 1 fully saturated rings. The lowest BCUT2D eigenvalue weighted by molar-refractivity contribution is 0.391. The molecule has 0 heterocycles. The van der Waals surface area contributed by atoms with E-state index in [1.165, 1.54) is 37.7 Å². The smallest absolute Gasteiger partial charge is 0.122 e. The molecule has 2 nitrogen and oxygen atoms in total. The number of benzene rings is 1. The van der Waals surface area contributed by atoms with E-state index in [-0.39, 0.29) is 0 Å². The van der Waals surface area contributed by atoms with Crippen LogP contribution in [0.4, 0.5) is 0 Å². The third-order valence-electron chi connectivity index (χ3n) is 3.94. The zero-order valence-electron chi connectivity index (χ0n) is 12.3. The van der Waals surface area contributed by atoms with Crippen molar-refractivity contribution in [3.63, 3.8) is 0 Å². The van der Waals surface area contributed by atoms with Crippen molar-refractivity contribution in [2.24, 2.45) is 5.92 Å². The van der Waals surface area contributed by atoms with Crippen LogP contribution >= 0.6 is 0 Å². The first-order chi connectivity index (χ1) is 9.33. The lowest BCUT2D eigenvalue weighted by Crippen LogP contribution is -2.26. The van der Waals surface area contributed by atoms with E-state index < -0.39 is 0 Å². The van der Waals surface area contributed by atoms with Crippen LogP contribution in [-0.2, 0) is 6.42 Å². The van der Waals surface area contributed by atoms with Gasteiger partial charge in [0.1, 0.15) is 5.75 Å². The van der Waals surface area contributed by atoms with Gasteiger partial charge in [-0.3, -0.25) is 0 Å². The molecule has 1 aromatic rings. The number of ether oxygens (including phenoxy) is 1. The summed E-state index contributed by atoms with van der Waals surface area (Å²) in [4.78, 5) is 0. The van der Waals surface area contributed by atoms with Crippen LogP contribution in [0.25, 0.3) is 0 Å². The Kier molecular flexibility index (Phi) is 5.71. The van der Waals surface area contributed by atoms with Gasteiger partial charge in [0.05, 0.1) is 7.11 Å². The monoisotopic (exact) mass is 261 g/mol. The molecule has 0 amide bonds. The summed E-state index contributed by atoms with van der Waals surface area (Å²) in [6.07, 6.45) is 7.79. The second kappa shape index (κ2) is 7.54. The Morgan fingerprint density at radius 2 is 2.11 bits per heavy atom. The molecule has 0 spiro atoms. The van der Waals surface area contributed by atoms with Crippen LogP contribution in [0, 0.1) is 5.92 Å². The number of hydrogen-bond acceptors (Lipinski definition) is 2. The first-order valence-corrected chi connectivity index (χ1v) is 7.68. The molecule has 1 saturated carbocycles. The van der Waals surface area contributed by atoms with Crippen LogP contribution in [0.15, 0.2) is 24.3 Å². The van der Waals surface area contributed by atoms with Crippen LogP contribution in [0.3, 0.4) is 0 Å². The molecule has 1 aliphatic carbocycles. The molecule has 1 aromatic carbocycles. The zero-order chi connectivity index (χ0) is 13.5. The second-order valence-corrected chi connectivity index (χ2v) is 5.71. The van der Waals surface area contributed by atoms with Crippen LogP contribution < -0.4 is 10.1 Å². The van der Waals surface area contributed by atoms with Crippen molar-refractivity contribution in [1.29, 1.82) is 0 Å². The molecule has 0 saturated heterocycles. The van der Waals surface area contributed by atoms with Gasteiger partial charge >= 0.3 is 0 Å². The van der Waals surface area contributed by atoms with E-state index in [0.29, 0.717) is 0 Å². The number of rotatable bonds is 9. The Morgan fingerprint density at radius 1 is 1.32 bits per heavy atom.